The third-order valence-corrected chi connectivity index (χ3v) is 4.41. The molecular formula is C22H25N3O5. The predicted octanol–water partition coefficient (Wildman–Crippen LogP) is 1.09. The Balaban J connectivity index is 1.97. The van der Waals surface area contributed by atoms with Crippen molar-refractivity contribution in [2.45, 2.75) is 31.8 Å². The summed E-state index contributed by atoms with van der Waals surface area (Å²) in [5.74, 6) is -2.38. The number of phenolic OH excluding ortho intramolecular Hbond substituents is 1. The van der Waals surface area contributed by atoms with Crippen molar-refractivity contribution in [3.63, 3.8) is 0 Å². The Labute approximate surface area is 174 Å². The fourth-order valence-corrected chi connectivity index (χ4v) is 2.75. The van der Waals surface area contributed by atoms with Crippen LogP contribution in [0.1, 0.15) is 18.1 Å². The molecule has 30 heavy (non-hydrogen) atoms. The summed E-state index contributed by atoms with van der Waals surface area (Å²) in [5.41, 5.74) is 7.33. The summed E-state index contributed by atoms with van der Waals surface area (Å²) < 4.78 is 0. The molecule has 0 aliphatic rings. The zero-order valence-electron chi connectivity index (χ0n) is 16.5. The quantitative estimate of drug-likeness (QED) is 0.391. The van der Waals surface area contributed by atoms with Crippen LogP contribution in [0.5, 0.6) is 5.75 Å². The number of nitrogens with two attached hydrogens (primary N) is 1. The molecule has 2 amide bonds. The smallest absolute Gasteiger partial charge is 0.326 e. The number of aromatic hydroxyl groups is 1. The van der Waals surface area contributed by atoms with Gasteiger partial charge in [0.15, 0.2) is 0 Å². The molecule has 2 aromatic rings. The van der Waals surface area contributed by atoms with Crippen molar-refractivity contribution in [3.8, 4) is 5.75 Å². The fraction of sp³-hybridized carbons (Fsp3) is 0.227. The first-order chi connectivity index (χ1) is 14.3. The van der Waals surface area contributed by atoms with Crippen molar-refractivity contribution in [2.24, 2.45) is 5.73 Å². The van der Waals surface area contributed by atoms with E-state index in [2.05, 4.69) is 10.6 Å². The average Bonchev–Trinajstić information content (AvgIpc) is 2.73. The van der Waals surface area contributed by atoms with Crippen molar-refractivity contribution in [1.29, 1.82) is 0 Å². The van der Waals surface area contributed by atoms with Gasteiger partial charge in [-0.1, -0.05) is 48.5 Å². The number of carboxylic acid groups (broad SMARTS) is 1. The number of nitrogens with one attached hydrogen (secondary N) is 2. The summed E-state index contributed by atoms with van der Waals surface area (Å²) >= 11 is 0. The molecule has 0 spiro atoms. The van der Waals surface area contributed by atoms with E-state index in [1.807, 2.05) is 6.07 Å². The summed E-state index contributed by atoms with van der Waals surface area (Å²) in [4.78, 5) is 36.4. The molecule has 0 saturated heterocycles. The van der Waals surface area contributed by atoms with E-state index < -0.39 is 29.9 Å². The Hall–Kier alpha value is -3.65. The third-order valence-electron chi connectivity index (χ3n) is 4.41. The Kier molecular flexibility index (Phi) is 8.13. The number of amides is 2. The van der Waals surface area contributed by atoms with Crippen LogP contribution in [0.2, 0.25) is 0 Å². The number of carbonyl (C=O) groups is 3. The molecule has 158 valence electrons. The number of hydrogen-bond donors (Lipinski definition) is 5. The highest BCUT2D eigenvalue weighted by atomic mass is 16.4. The summed E-state index contributed by atoms with van der Waals surface area (Å²) in [7, 11) is 0. The van der Waals surface area contributed by atoms with Crippen LogP contribution in [-0.4, -0.2) is 40.1 Å². The van der Waals surface area contributed by atoms with Crippen molar-refractivity contribution in [2.75, 3.05) is 0 Å². The Morgan fingerprint density at radius 1 is 1.00 bits per heavy atom. The number of aliphatic carboxylic acids is 1. The van der Waals surface area contributed by atoms with Crippen LogP contribution in [0.4, 0.5) is 0 Å². The molecule has 0 aliphatic carbocycles. The molecule has 0 bridgehead atoms. The Bertz CT molecular complexity index is 910. The first-order valence-corrected chi connectivity index (χ1v) is 9.38. The first-order valence-electron chi connectivity index (χ1n) is 9.38. The van der Waals surface area contributed by atoms with Gasteiger partial charge in [-0.2, -0.15) is 0 Å². The van der Waals surface area contributed by atoms with Crippen LogP contribution in [0.25, 0.3) is 0 Å². The zero-order valence-corrected chi connectivity index (χ0v) is 16.5. The molecule has 2 aromatic carbocycles. The summed E-state index contributed by atoms with van der Waals surface area (Å²) in [6, 6.07) is 13.1. The van der Waals surface area contributed by atoms with Gasteiger partial charge < -0.3 is 26.6 Å². The highest BCUT2D eigenvalue weighted by Crippen LogP contribution is 2.11. The van der Waals surface area contributed by atoms with E-state index in [1.165, 1.54) is 18.2 Å². The molecule has 0 radical (unpaired) electrons. The molecule has 8 nitrogen and oxygen atoms in total. The van der Waals surface area contributed by atoms with E-state index in [-0.39, 0.29) is 24.3 Å². The molecule has 0 saturated carbocycles. The van der Waals surface area contributed by atoms with Crippen LogP contribution in [0.15, 0.2) is 66.4 Å². The maximum Gasteiger partial charge on any atom is 0.326 e. The van der Waals surface area contributed by atoms with Gasteiger partial charge in [0.25, 0.3) is 5.91 Å². The number of benzene rings is 2. The van der Waals surface area contributed by atoms with Crippen LogP contribution >= 0.6 is 0 Å². The van der Waals surface area contributed by atoms with Gasteiger partial charge in [-0.05, 0) is 36.6 Å². The van der Waals surface area contributed by atoms with Crippen molar-refractivity contribution < 1.29 is 24.6 Å². The highest BCUT2D eigenvalue weighted by molar-refractivity contribution is 6.00. The van der Waals surface area contributed by atoms with Gasteiger partial charge in [0.2, 0.25) is 5.91 Å². The molecule has 6 N–H and O–H groups in total. The van der Waals surface area contributed by atoms with Crippen LogP contribution in [0.3, 0.4) is 0 Å². The van der Waals surface area contributed by atoms with E-state index in [1.54, 1.807) is 43.3 Å². The second-order valence-corrected chi connectivity index (χ2v) is 6.72. The molecule has 2 rings (SSSR count). The van der Waals surface area contributed by atoms with Gasteiger partial charge >= 0.3 is 5.97 Å². The SMILES string of the molecule is C/C=C(/NC(=O)[C@@H](N)Cc1ccc(O)cc1)C(=O)N[C@@H](Cc1ccccc1)C(=O)O. The van der Waals surface area contributed by atoms with E-state index in [4.69, 9.17) is 5.73 Å². The van der Waals surface area contributed by atoms with Crippen molar-refractivity contribution >= 4 is 17.8 Å². The molecule has 0 heterocycles. The normalized spacial score (nSPS) is 13.2. The Morgan fingerprint density at radius 3 is 2.17 bits per heavy atom. The van der Waals surface area contributed by atoms with E-state index >= 15 is 0 Å². The minimum absolute atomic E-state index is 0.0829. The summed E-state index contributed by atoms with van der Waals surface area (Å²) in [6.07, 6.45) is 1.69. The largest absolute Gasteiger partial charge is 0.508 e. The van der Waals surface area contributed by atoms with Gasteiger partial charge in [0, 0.05) is 6.42 Å². The minimum Gasteiger partial charge on any atom is -0.508 e. The average molecular weight is 411 g/mol. The van der Waals surface area contributed by atoms with Gasteiger partial charge in [0.1, 0.15) is 17.5 Å². The van der Waals surface area contributed by atoms with E-state index in [0.29, 0.717) is 0 Å². The molecule has 0 aliphatic heterocycles. The Morgan fingerprint density at radius 2 is 1.60 bits per heavy atom. The number of allylic oxidation sites excluding steroid dienone is 1. The number of carboxylic acids is 1. The summed E-state index contributed by atoms with van der Waals surface area (Å²) in [6.45, 7) is 1.55. The fourth-order valence-electron chi connectivity index (χ4n) is 2.75. The zero-order chi connectivity index (χ0) is 22.1. The number of carbonyl (C=O) groups excluding carboxylic acids is 2. The lowest BCUT2D eigenvalue weighted by atomic mass is 10.1. The lowest BCUT2D eigenvalue weighted by Gasteiger charge is -2.18. The van der Waals surface area contributed by atoms with E-state index in [9.17, 15) is 24.6 Å². The lowest BCUT2D eigenvalue weighted by Crippen LogP contribution is -2.48. The highest BCUT2D eigenvalue weighted by Gasteiger charge is 2.24. The van der Waals surface area contributed by atoms with Gasteiger partial charge in [-0.3, -0.25) is 9.59 Å². The van der Waals surface area contributed by atoms with Crippen molar-refractivity contribution in [1.82, 2.24) is 10.6 Å². The predicted molar refractivity (Wildman–Crippen MR) is 111 cm³/mol. The lowest BCUT2D eigenvalue weighted by molar-refractivity contribution is -0.141. The van der Waals surface area contributed by atoms with Crippen LogP contribution < -0.4 is 16.4 Å². The summed E-state index contributed by atoms with van der Waals surface area (Å²) in [5, 5.41) is 23.6. The maximum atomic E-state index is 12.5. The first kappa shape index (κ1) is 22.6. The van der Waals surface area contributed by atoms with Crippen LogP contribution in [0, 0.1) is 0 Å². The van der Waals surface area contributed by atoms with Gasteiger partial charge in [0.05, 0.1) is 6.04 Å². The van der Waals surface area contributed by atoms with Gasteiger partial charge in [-0.15, -0.1) is 0 Å². The number of rotatable bonds is 9. The minimum atomic E-state index is -1.18. The molecule has 0 fully saturated rings. The topological polar surface area (TPSA) is 142 Å². The van der Waals surface area contributed by atoms with E-state index in [0.717, 1.165) is 11.1 Å². The third kappa shape index (κ3) is 6.75. The molecular weight excluding hydrogens is 386 g/mol. The molecule has 0 unspecified atom stereocenters. The molecule has 8 heteroatoms. The van der Waals surface area contributed by atoms with Gasteiger partial charge in [-0.25, -0.2) is 4.79 Å². The standard InChI is InChI=1S/C22H25N3O5/c1-2-18(24-20(27)17(23)12-15-8-10-16(26)11-9-15)21(28)25-19(22(29)30)13-14-6-4-3-5-7-14/h2-11,17,19,26H,12-13,23H2,1H3,(H,24,27)(H,25,28)(H,29,30)/b18-2+/t17-,19-/m0/s1. The second-order valence-electron chi connectivity index (χ2n) is 6.72. The van der Waals surface area contributed by atoms with Crippen LogP contribution in [-0.2, 0) is 27.2 Å². The number of phenols is 1. The monoisotopic (exact) mass is 411 g/mol. The second kappa shape index (κ2) is 10.8. The number of hydrogen-bond acceptors (Lipinski definition) is 5. The maximum absolute atomic E-state index is 12.5. The molecule has 2 atom stereocenters. The molecule has 0 aromatic heterocycles. The van der Waals surface area contributed by atoms with Crippen molar-refractivity contribution in [3.05, 3.63) is 77.5 Å².